The van der Waals surface area contributed by atoms with Crippen LogP contribution in [0.15, 0.2) is 16.7 Å². The van der Waals surface area contributed by atoms with Gasteiger partial charge in [0.25, 0.3) is 5.91 Å². The number of hydrazine groups is 1. The molecule has 2 heterocycles. The third-order valence-corrected chi connectivity index (χ3v) is 3.92. The summed E-state index contributed by atoms with van der Waals surface area (Å²) in [5.74, 6) is 5.53. The predicted octanol–water partition coefficient (Wildman–Crippen LogP) is 0.408. The molecule has 6 heteroatoms. The molecule has 1 aromatic heterocycles. The normalized spacial score (nSPS) is 25.5. The Balaban J connectivity index is 2.06. The third kappa shape index (κ3) is 2.97. The van der Waals surface area contributed by atoms with Gasteiger partial charge in [0.1, 0.15) is 5.76 Å². The molecule has 0 aromatic carbocycles. The monoisotopic (exact) mass is 266 g/mol. The van der Waals surface area contributed by atoms with Crippen molar-refractivity contribution in [1.82, 2.24) is 15.2 Å². The molecule has 2 rings (SSSR count). The summed E-state index contributed by atoms with van der Waals surface area (Å²) in [4.78, 5) is 16.3. The van der Waals surface area contributed by atoms with Gasteiger partial charge in [0.2, 0.25) is 0 Å². The molecule has 106 valence electrons. The maximum Gasteiger partial charge on any atom is 0.268 e. The lowest BCUT2D eigenvalue weighted by Crippen LogP contribution is -2.54. The van der Waals surface area contributed by atoms with E-state index in [4.69, 9.17) is 10.3 Å². The summed E-state index contributed by atoms with van der Waals surface area (Å²) in [5, 5.41) is 0. The van der Waals surface area contributed by atoms with E-state index in [1.807, 2.05) is 0 Å². The molecule has 0 saturated carbocycles. The molecule has 1 amide bonds. The fourth-order valence-corrected chi connectivity index (χ4v) is 2.59. The summed E-state index contributed by atoms with van der Waals surface area (Å²) in [5.41, 5.74) is 2.66. The average molecular weight is 266 g/mol. The number of hydrogen-bond acceptors (Lipinski definition) is 5. The van der Waals surface area contributed by atoms with Crippen molar-refractivity contribution in [1.29, 1.82) is 0 Å². The van der Waals surface area contributed by atoms with E-state index in [0.29, 0.717) is 30.0 Å². The number of carbonyl (C=O) groups is 1. The van der Waals surface area contributed by atoms with Gasteiger partial charge in [0.15, 0.2) is 0 Å². The van der Waals surface area contributed by atoms with Crippen LogP contribution in [0.2, 0.25) is 0 Å². The van der Waals surface area contributed by atoms with Crippen molar-refractivity contribution in [2.45, 2.75) is 32.5 Å². The van der Waals surface area contributed by atoms with Gasteiger partial charge in [0.05, 0.1) is 18.4 Å². The second-order valence-electron chi connectivity index (χ2n) is 5.29. The molecule has 1 fully saturated rings. The van der Waals surface area contributed by atoms with Crippen LogP contribution >= 0.6 is 0 Å². The number of amides is 1. The molecule has 1 aromatic rings. The van der Waals surface area contributed by atoms with E-state index >= 15 is 0 Å². The quantitative estimate of drug-likeness (QED) is 0.471. The molecule has 0 aliphatic carbocycles. The van der Waals surface area contributed by atoms with Crippen molar-refractivity contribution in [2.75, 3.05) is 20.1 Å². The van der Waals surface area contributed by atoms with Crippen LogP contribution in [0.3, 0.4) is 0 Å². The molecule has 3 N–H and O–H groups in total. The number of piperazine rings is 1. The molecular weight excluding hydrogens is 244 g/mol. The maximum atomic E-state index is 11.6. The number of likely N-dealkylation sites (N-methyl/N-ethyl adjacent to an activating group) is 1. The first-order valence-electron chi connectivity index (χ1n) is 6.54. The van der Waals surface area contributed by atoms with Crippen LogP contribution in [0.4, 0.5) is 0 Å². The van der Waals surface area contributed by atoms with Crippen LogP contribution in [0.5, 0.6) is 0 Å². The summed E-state index contributed by atoms with van der Waals surface area (Å²) in [7, 11) is 2.15. The van der Waals surface area contributed by atoms with Gasteiger partial charge in [-0.15, -0.1) is 0 Å². The van der Waals surface area contributed by atoms with Gasteiger partial charge in [-0.2, -0.15) is 0 Å². The van der Waals surface area contributed by atoms with E-state index in [-0.39, 0.29) is 5.91 Å². The summed E-state index contributed by atoms with van der Waals surface area (Å²) in [6.07, 6.45) is 1.53. The van der Waals surface area contributed by atoms with Crippen molar-refractivity contribution < 1.29 is 9.21 Å². The highest BCUT2D eigenvalue weighted by molar-refractivity contribution is 5.94. The number of nitrogens with zero attached hydrogens (tertiary/aromatic N) is 2. The minimum atomic E-state index is -0.307. The van der Waals surface area contributed by atoms with E-state index < -0.39 is 0 Å². The van der Waals surface area contributed by atoms with Crippen molar-refractivity contribution in [3.8, 4) is 0 Å². The Hall–Kier alpha value is -1.37. The standard InChI is InChI=1S/C13H22N4O2/c1-9-6-17(7-10(2)16(9)3)8-12-11(4-5-19-12)13(18)15-14/h4-5,9-10H,6-8,14H2,1-3H3,(H,15,18). The molecule has 1 aliphatic heterocycles. The van der Waals surface area contributed by atoms with Crippen LogP contribution in [-0.2, 0) is 6.54 Å². The Morgan fingerprint density at radius 3 is 2.68 bits per heavy atom. The zero-order chi connectivity index (χ0) is 14.0. The van der Waals surface area contributed by atoms with E-state index in [1.165, 1.54) is 6.26 Å². The van der Waals surface area contributed by atoms with Crippen LogP contribution in [0.25, 0.3) is 0 Å². The lowest BCUT2D eigenvalue weighted by atomic mass is 10.1. The fourth-order valence-electron chi connectivity index (χ4n) is 2.59. The van der Waals surface area contributed by atoms with Gasteiger partial charge in [-0.1, -0.05) is 0 Å². The maximum absolute atomic E-state index is 11.6. The first-order valence-corrected chi connectivity index (χ1v) is 6.54. The second kappa shape index (κ2) is 5.73. The first-order chi connectivity index (χ1) is 9.02. The molecule has 0 bridgehead atoms. The smallest absolute Gasteiger partial charge is 0.268 e. The minimum absolute atomic E-state index is 0.307. The largest absolute Gasteiger partial charge is 0.467 e. The first kappa shape index (κ1) is 14.0. The van der Waals surface area contributed by atoms with Crippen molar-refractivity contribution in [3.63, 3.8) is 0 Å². The van der Waals surface area contributed by atoms with E-state index in [0.717, 1.165) is 13.1 Å². The van der Waals surface area contributed by atoms with Gasteiger partial charge in [0, 0.05) is 25.2 Å². The number of carbonyl (C=O) groups excluding carboxylic acids is 1. The molecule has 0 spiro atoms. The average Bonchev–Trinajstić information content (AvgIpc) is 2.83. The third-order valence-electron chi connectivity index (χ3n) is 3.92. The van der Waals surface area contributed by atoms with E-state index in [2.05, 4.69) is 36.1 Å². The predicted molar refractivity (Wildman–Crippen MR) is 72.3 cm³/mol. The molecule has 6 nitrogen and oxygen atoms in total. The zero-order valence-electron chi connectivity index (χ0n) is 11.7. The molecule has 1 saturated heterocycles. The molecule has 2 unspecified atom stereocenters. The SMILES string of the molecule is CC1CN(Cc2occc2C(=O)NN)CC(C)N1C. The minimum Gasteiger partial charge on any atom is -0.467 e. The van der Waals surface area contributed by atoms with Crippen LogP contribution < -0.4 is 11.3 Å². The highest BCUT2D eigenvalue weighted by Gasteiger charge is 2.27. The molecular formula is C13H22N4O2. The topological polar surface area (TPSA) is 74.7 Å². The number of nitrogens with two attached hydrogens (primary N) is 1. The van der Waals surface area contributed by atoms with E-state index in [1.54, 1.807) is 6.07 Å². The summed E-state index contributed by atoms with van der Waals surface area (Å²) in [6, 6.07) is 2.64. The van der Waals surface area contributed by atoms with Crippen LogP contribution in [-0.4, -0.2) is 47.9 Å². The van der Waals surface area contributed by atoms with Crippen molar-refractivity contribution in [3.05, 3.63) is 23.7 Å². The zero-order valence-corrected chi connectivity index (χ0v) is 11.7. The van der Waals surface area contributed by atoms with Crippen LogP contribution in [0, 0.1) is 0 Å². The number of furan rings is 1. The van der Waals surface area contributed by atoms with Crippen molar-refractivity contribution in [2.24, 2.45) is 5.84 Å². The Morgan fingerprint density at radius 1 is 1.47 bits per heavy atom. The van der Waals surface area contributed by atoms with Gasteiger partial charge < -0.3 is 4.42 Å². The van der Waals surface area contributed by atoms with Crippen molar-refractivity contribution >= 4 is 5.91 Å². The molecule has 19 heavy (non-hydrogen) atoms. The lowest BCUT2D eigenvalue weighted by Gasteiger charge is -2.42. The number of rotatable bonds is 3. The Kier molecular flexibility index (Phi) is 4.24. The summed E-state index contributed by atoms with van der Waals surface area (Å²) in [6.45, 7) is 6.98. The lowest BCUT2D eigenvalue weighted by molar-refractivity contribution is 0.0515. The number of nitrogens with one attached hydrogen (secondary N) is 1. The Morgan fingerprint density at radius 2 is 2.11 bits per heavy atom. The van der Waals surface area contributed by atoms with Gasteiger partial charge >= 0.3 is 0 Å². The molecule has 0 radical (unpaired) electrons. The summed E-state index contributed by atoms with van der Waals surface area (Å²) < 4.78 is 5.42. The second-order valence-corrected chi connectivity index (χ2v) is 5.29. The van der Waals surface area contributed by atoms with E-state index in [9.17, 15) is 4.79 Å². The fraction of sp³-hybridized carbons (Fsp3) is 0.615. The highest BCUT2D eigenvalue weighted by atomic mass is 16.3. The van der Waals surface area contributed by atoms with Crippen LogP contribution in [0.1, 0.15) is 30.0 Å². The Labute approximate surface area is 113 Å². The number of nitrogen functional groups attached to an aromatic ring is 1. The molecule has 1 aliphatic rings. The molecule has 2 atom stereocenters. The number of hydrogen-bond donors (Lipinski definition) is 2. The highest BCUT2D eigenvalue weighted by Crippen LogP contribution is 2.18. The summed E-state index contributed by atoms with van der Waals surface area (Å²) >= 11 is 0. The Bertz CT molecular complexity index is 434. The van der Waals surface area contributed by atoms with Gasteiger partial charge in [-0.05, 0) is 27.0 Å². The van der Waals surface area contributed by atoms with Gasteiger partial charge in [-0.3, -0.25) is 20.0 Å². The van der Waals surface area contributed by atoms with Gasteiger partial charge in [-0.25, -0.2) is 5.84 Å².